The van der Waals surface area contributed by atoms with E-state index < -0.39 is 0 Å². The normalized spacial score (nSPS) is 11.0. The Kier molecular flexibility index (Phi) is 8.19. The molecule has 0 spiro atoms. The Hall–Kier alpha value is -5.34. The van der Waals surface area contributed by atoms with Gasteiger partial charge in [0.25, 0.3) is 0 Å². The molecular weight excluding hydrogens is 520 g/mol. The van der Waals surface area contributed by atoms with Gasteiger partial charge in [0.05, 0.1) is 0 Å². The topological polar surface area (TPSA) is 6.48 Å². The van der Waals surface area contributed by atoms with Crippen molar-refractivity contribution in [2.45, 2.75) is 20.8 Å². The van der Waals surface area contributed by atoms with Gasteiger partial charge < -0.3 is 9.80 Å². The highest BCUT2D eigenvalue weighted by Crippen LogP contribution is 2.39. The van der Waals surface area contributed by atoms with Gasteiger partial charge in [0, 0.05) is 34.1 Å². The lowest BCUT2D eigenvalue weighted by Crippen LogP contribution is -2.12. The number of nitrogens with zero attached hydrogens (tertiary/aromatic N) is 2. The fraction of sp³-hybridized carbons (Fsp3) is 0.0732. The summed E-state index contributed by atoms with van der Waals surface area (Å²) in [7, 11) is 0. The number of anilines is 6. The molecular formula is C41H36N2. The average molecular weight is 557 g/mol. The van der Waals surface area contributed by atoms with Gasteiger partial charge in [-0.2, -0.15) is 0 Å². The molecule has 0 aliphatic heterocycles. The van der Waals surface area contributed by atoms with Gasteiger partial charge >= 0.3 is 0 Å². The van der Waals surface area contributed by atoms with Crippen molar-refractivity contribution in [3.05, 3.63) is 179 Å². The van der Waals surface area contributed by atoms with Gasteiger partial charge in [-0.3, -0.25) is 0 Å². The molecule has 43 heavy (non-hydrogen) atoms. The zero-order valence-electron chi connectivity index (χ0n) is 25.0. The van der Waals surface area contributed by atoms with Crippen LogP contribution >= 0.6 is 0 Å². The highest BCUT2D eigenvalue weighted by Gasteiger charge is 2.16. The van der Waals surface area contributed by atoms with Crippen molar-refractivity contribution in [3.63, 3.8) is 0 Å². The van der Waals surface area contributed by atoms with E-state index in [1.54, 1.807) is 0 Å². The van der Waals surface area contributed by atoms with Crippen molar-refractivity contribution in [2.75, 3.05) is 9.80 Å². The maximum atomic E-state index is 2.35. The minimum Gasteiger partial charge on any atom is -0.310 e. The molecule has 210 valence electrons. The van der Waals surface area contributed by atoms with Crippen LogP contribution in [-0.2, 0) is 0 Å². The summed E-state index contributed by atoms with van der Waals surface area (Å²) in [5, 5.41) is 0. The van der Waals surface area contributed by atoms with Gasteiger partial charge in [-0.05, 0) is 103 Å². The van der Waals surface area contributed by atoms with Crippen molar-refractivity contribution in [1.29, 1.82) is 0 Å². The Morgan fingerprint density at radius 2 is 0.651 bits per heavy atom. The van der Waals surface area contributed by atoms with Crippen molar-refractivity contribution >= 4 is 46.3 Å². The van der Waals surface area contributed by atoms with E-state index in [0.717, 1.165) is 28.2 Å². The number of aryl methyl sites for hydroxylation is 3. The zero-order chi connectivity index (χ0) is 29.6. The molecule has 2 nitrogen and oxygen atoms in total. The largest absolute Gasteiger partial charge is 0.310 e. The first-order valence-electron chi connectivity index (χ1n) is 14.8. The van der Waals surface area contributed by atoms with E-state index in [2.05, 4.69) is 194 Å². The monoisotopic (exact) mass is 556 g/mol. The van der Waals surface area contributed by atoms with Gasteiger partial charge in [-0.15, -0.1) is 0 Å². The molecule has 0 amide bonds. The molecule has 0 unspecified atom stereocenters. The van der Waals surface area contributed by atoms with Gasteiger partial charge in [-0.1, -0.05) is 109 Å². The van der Waals surface area contributed by atoms with E-state index in [4.69, 9.17) is 0 Å². The lowest BCUT2D eigenvalue weighted by Gasteiger charge is -2.28. The second kappa shape index (κ2) is 12.7. The standard InChI is InChI=1S/C41H36N2/c1-31-13-7-10-18-39(31)42(36-16-5-4-6-17-36)37-27-23-34(24-28-37)21-22-35-25-29-38(30-26-35)43(40-19-11-8-14-32(40)2)41-20-12-9-15-33(41)3/h4-30H,1-3H3/b22-21+. The summed E-state index contributed by atoms with van der Waals surface area (Å²) in [6, 6.07) is 53.8. The predicted molar refractivity (Wildman–Crippen MR) is 185 cm³/mol. The Morgan fingerprint density at radius 1 is 0.326 bits per heavy atom. The van der Waals surface area contributed by atoms with Gasteiger partial charge in [0.1, 0.15) is 0 Å². The summed E-state index contributed by atoms with van der Waals surface area (Å²) in [6.07, 6.45) is 4.36. The van der Waals surface area contributed by atoms with Crippen LogP contribution in [0.2, 0.25) is 0 Å². The summed E-state index contributed by atoms with van der Waals surface area (Å²) in [4.78, 5) is 4.67. The van der Waals surface area contributed by atoms with E-state index in [1.165, 1.54) is 33.8 Å². The Morgan fingerprint density at radius 3 is 1.07 bits per heavy atom. The molecule has 0 saturated carbocycles. The Bertz CT molecular complexity index is 1790. The summed E-state index contributed by atoms with van der Waals surface area (Å²) in [5.41, 5.74) is 13.0. The highest BCUT2D eigenvalue weighted by atomic mass is 15.1. The van der Waals surface area contributed by atoms with E-state index in [9.17, 15) is 0 Å². The average Bonchev–Trinajstić information content (AvgIpc) is 3.05. The second-order valence-corrected chi connectivity index (χ2v) is 10.9. The molecule has 0 atom stereocenters. The number of hydrogen-bond acceptors (Lipinski definition) is 2. The smallest absolute Gasteiger partial charge is 0.0490 e. The Balaban J connectivity index is 1.26. The molecule has 0 saturated heterocycles. The summed E-state index contributed by atoms with van der Waals surface area (Å²) >= 11 is 0. The van der Waals surface area contributed by atoms with E-state index in [-0.39, 0.29) is 0 Å². The Labute approximate surface area is 255 Å². The maximum Gasteiger partial charge on any atom is 0.0490 e. The first kappa shape index (κ1) is 27.8. The fourth-order valence-electron chi connectivity index (χ4n) is 5.52. The van der Waals surface area contributed by atoms with Crippen LogP contribution in [0.25, 0.3) is 12.2 Å². The first-order chi connectivity index (χ1) is 21.1. The zero-order valence-corrected chi connectivity index (χ0v) is 25.0. The van der Waals surface area contributed by atoms with Gasteiger partial charge in [-0.25, -0.2) is 0 Å². The molecule has 0 bridgehead atoms. The van der Waals surface area contributed by atoms with Crippen molar-refractivity contribution in [2.24, 2.45) is 0 Å². The summed E-state index contributed by atoms with van der Waals surface area (Å²) < 4.78 is 0. The molecule has 0 aliphatic rings. The predicted octanol–water partition coefficient (Wildman–Crippen LogP) is 11.7. The molecule has 2 heteroatoms. The van der Waals surface area contributed by atoms with Crippen LogP contribution in [0.1, 0.15) is 27.8 Å². The lowest BCUT2D eigenvalue weighted by molar-refractivity contribution is 1.22. The minimum atomic E-state index is 1.13. The van der Waals surface area contributed by atoms with Gasteiger partial charge in [0.2, 0.25) is 0 Å². The molecule has 6 rings (SSSR count). The van der Waals surface area contributed by atoms with Crippen LogP contribution in [0, 0.1) is 20.8 Å². The van der Waals surface area contributed by atoms with E-state index >= 15 is 0 Å². The summed E-state index contributed by atoms with van der Waals surface area (Å²) in [5.74, 6) is 0. The fourth-order valence-corrected chi connectivity index (χ4v) is 5.52. The molecule has 0 N–H and O–H groups in total. The maximum absolute atomic E-state index is 2.35. The second-order valence-electron chi connectivity index (χ2n) is 10.9. The third kappa shape index (κ3) is 6.14. The number of benzene rings is 6. The van der Waals surface area contributed by atoms with Crippen molar-refractivity contribution in [3.8, 4) is 0 Å². The van der Waals surface area contributed by atoms with Crippen LogP contribution in [0.3, 0.4) is 0 Å². The molecule has 6 aromatic rings. The number of hydrogen-bond donors (Lipinski definition) is 0. The third-order valence-electron chi connectivity index (χ3n) is 7.85. The molecule has 0 aliphatic carbocycles. The first-order valence-corrected chi connectivity index (χ1v) is 14.8. The van der Waals surface area contributed by atoms with Crippen LogP contribution in [0.5, 0.6) is 0 Å². The summed E-state index contributed by atoms with van der Waals surface area (Å²) in [6.45, 7) is 6.50. The van der Waals surface area contributed by atoms with Crippen LogP contribution in [0.4, 0.5) is 34.1 Å². The highest BCUT2D eigenvalue weighted by molar-refractivity contribution is 5.82. The number of rotatable bonds is 8. The van der Waals surface area contributed by atoms with Gasteiger partial charge in [0.15, 0.2) is 0 Å². The molecule has 0 aromatic heterocycles. The van der Waals surface area contributed by atoms with Crippen molar-refractivity contribution < 1.29 is 0 Å². The van der Waals surface area contributed by atoms with Crippen LogP contribution in [-0.4, -0.2) is 0 Å². The van der Waals surface area contributed by atoms with Crippen LogP contribution in [0.15, 0.2) is 152 Å². The van der Waals surface area contributed by atoms with E-state index in [0.29, 0.717) is 0 Å². The van der Waals surface area contributed by atoms with Crippen molar-refractivity contribution in [1.82, 2.24) is 0 Å². The minimum absolute atomic E-state index is 1.13. The number of para-hydroxylation sites is 4. The lowest BCUT2D eigenvalue weighted by atomic mass is 10.1. The van der Waals surface area contributed by atoms with Crippen LogP contribution < -0.4 is 9.80 Å². The third-order valence-corrected chi connectivity index (χ3v) is 7.85. The molecule has 6 aromatic carbocycles. The molecule has 0 fully saturated rings. The van der Waals surface area contributed by atoms with E-state index in [1.807, 2.05) is 0 Å². The molecule has 0 radical (unpaired) electrons. The molecule has 0 heterocycles. The quantitative estimate of drug-likeness (QED) is 0.172. The SMILES string of the molecule is Cc1ccccc1N(c1ccccc1)c1ccc(/C=C/c2ccc(N(c3ccccc3C)c3ccccc3C)cc2)cc1.